The van der Waals surface area contributed by atoms with Gasteiger partial charge < -0.3 is 19.7 Å². The lowest BCUT2D eigenvalue weighted by atomic mass is 9.74. The van der Waals surface area contributed by atoms with Crippen LogP contribution in [0.2, 0.25) is 0 Å². The third-order valence-electron chi connectivity index (χ3n) is 21.4. The molecule has 0 bridgehead atoms. The topological polar surface area (TPSA) is 161 Å². The van der Waals surface area contributed by atoms with Crippen molar-refractivity contribution in [2.75, 3.05) is 0 Å². The van der Waals surface area contributed by atoms with Crippen molar-refractivity contribution in [2.45, 2.75) is 424 Å². The molecule has 10 heteroatoms. The average molecular weight is 1240 g/mol. The standard InChI is InChI=1S/C78H140O10/c79-73(80)61-37-25-13-1-7-19-31-49-67-55-43-45-57-69(67)51-33-21-9-3-15-27-39-63-75(83)87-77(85)65-41-29-17-5-11-23-35-53-71-59-47-48-60-72(71)54-36-24-12-6-18-30-42-66-78(86)88-76(84)64-40-28-16-4-10-22-34-52-70-58-46-44-56-68(70)50-32-20-8-2-14-26-38-62-74(81)82/h67-72H,1-66H2,(H,79,80)(H,81,82). The van der Waals surface area contributed by atoms with Crippen LogP contribution in [0, 0.1) is 35.5 Å². The molecule has 6 atom stereocenters. The van der Waals surface area contributed by atoms with E-state index in [9.17, 15) is 28.8 Å². The number of rotatable bonds is 60. The van der Waals surface area contributed by atoms with Crippen LogP contribution in [-0.4, -0.2) is 46.0 Å². The van der Waals surface area contributed by atoms with Crippen molar-refractivity contribution in [2.24, 2.45) is 35.5 Å². The first-order chi connectivity index (χ1) is 43.1. The van der Waals surface area contributed by atoms with Gasteiger partial charge in [-0.3, -0.25) is 28.8 Å². The molecule has 0 aromatic heterocycles. The maximum absolute atomic E-state index is 12.3. The summed E-state index contributed by atoms with van der Waals surface area (Å²) in [4.78, 5) is 70.6. The number of hydrogen-bond acceptors (Lipinski definition) is 8. The highest BCUT2D eigenvalue weighted by molar-refractivity contribution is 5.85. The molecular formula is C78H140O10. The Morgan fingerprint density at radius 3 is 0.500 bits per heavy atom. The number of unbranched alkanes of at least 4 members (excludes halogenated alkanes) is 36. The molecule has 512 valence electrons. The zero-order valence-corrected chi connectivity index (χ0v) is 57.3. The first kappa shape index (κ1) is 79.5. The Hall–Kier alpha value is -2.78. The van der Waals surface area contributed by atoms with E-state index in [1.165, 1.54) is 283 Å². The number of hydrogen-bond donors (Lipinski definition) is 2. The fourth-order valence-electron chi connectivity index (χ4n) is 16.0. The van der Waals surface area contributed by atoms with Crippen LogP contribution in [0.5, 0.6) is 0 Å². The minimum absolute atomic E-state index is 0.316. The van der Waals surface area contributed by atoms with Crippen LogP contribution in [0.4, 0.5) is 0 Å². The summed E-state index contributed by atoms with van der Waals surface area (Å²) < 4.78 is 10.3. The monoisotopic (exact) mass is 1240 g/mol. The van der Waals surface area contributed by atoms with Crippen LogP contribution in [0.15, 0.2) is 0 Å². The summed E-state index contributed by atoms with van der Waals surface area (Å²) in [6.07, 6.45) is 76.7. The molecule has 3 aliphatic rings. The molecule has 10 nitrogen and oxygen atoms in total. The highest BCUT2D eigenvalue weighted by Crippen LogP contribution is 2.40. The number of ether oxygens (including phenoxy) is 2. The van der Waals surface area contributed by atoms with Gasteiger partial charge in [0.2, 0.25) is 0 Å². The van der Waals surface area contributed by atoms with Crippen LogP contribution >= 0.6 is 0 Å². The second-order valence-corrected chi connectivity index (χ2v) is 29.0. The van der Waals surface area contributed by atoms with E-state index >= 15 is 0 Å². The summed E-state index contributed by atoms with van der Waals surface area (Å²) in [7, 11) is 0. The first-order valence-electron chi connectivity index (χ1n) is 39.0. The number of carbonyl (C=O) groups is 6. The lowest BCUT2D eigenvalue weighted by molar-refractivity contribution is -0.161. The van der Waals surface area contributed by atoms with Crippen LogP contribution < -0.4 is 0 Å². The van der Waals surface area contributed by atoms with E-state index in [1.54, 1.807) is 0 Å². The second kappa shape index (κ2) is 56.9. The molecule has 3 rings (SSSR count). The Kier molecular flexibility index (Phi) is 51.4. The van der Waals surface area contributed by atoms with Gasteiger partial charge in [-0.2, -0.15) is 0 Å². The van der Waals surface area contributed by atoms with Gasteiger partial charge in [-0.1, -0.05) is 347 Å². The second-order valence-electron chi connectivity index (χ2n) is 29.0. The molecule has 0 amide bonds. The molecule has 0 aromatic rings. The maximum Gasteiger partial charge on any atom is 0.313 e. The number of esters is 4. The Bertz CT molecular complexity index is 1590. The molecule has 0 aliphatic heterocycles. The van der Waals surface area contributed by atoms with Crippen molar-refractivity contribution in [1.82, 2.24) is 0 Å². The quantitative estimate of drug-likeness (QED) is 0.0341. The van der Waals surface area contributed by atoms with E-state index < -0.39 is 11.9 Å². The van der Waals surface area contributed by atoms with Gasteiger partial charge >= 0.3 is 35.8 Å². The smallest absolute Gasteiger partial charge is 0.313 e. The summed E-state index contributed by atoms with van der Waals surface area (Å²) in [6, 6.07) is 0. The molecule has 2 N–H and O–H groups in total. The fourth-order valence-corrected chi connectivity index (χ4v) is 16.0. The largest absolute Gasteiger partial charge is 0.481 e. The molecule has 0 aromatic carbocycles. The molecule has 0 saturated heterocycles. The highest BCUT2D eigenvalue weighted by Gasteiger charge is 2.27. The van der Waals surface area contributed by atoms with Gasteiger partial charge in [0.05, 0.1) is 0 Å². The molecule has 3 saturated carbocycles. The van der Waals surface area contributed by atoms with E-state index in [-0.39, 0.29) is 23.9 Å². The third kappa shape index (κ3) is 46.3. The summed E-state index contributed by atoms with van der Waals surface area (Å²) in [5.41, 5.74) is 0. The van der Waals surface area contributed by atoms with Crippen LogP contribution in [-0.2, 0) is 38.2 Å². The van der Waals surface area contributed by atoms with E-state index in [2.05, 4.69) is 0 Å². The highest BCUT2D eigenvalue weighted by atomic mass is 16.6. The van der Waals surface area contributed by atoms with Gasteiger partial charge in [-0.25, -0.2) is 0 Å². The van der Waals surface area contributed by atoms with Crippen molar-refractivity contribution in [3.05, 3.63) is 0 Å². The minimum Gasteiger partial charge on any atom is -0.481 e. The lowest BCUT2D eigenvalue weighted by Crippen LogP contribution is -2.19. The maximum atomic E-state index is 12.3. The van der Waals surface area contributed by atoms with Gasteiger partial charge in [-0.05, 0) is 74.0 Å². The predicted molar refractivity (Wildman–Crippen MR) is 363 cm³/mol. The van der Waals surface area contributed by atoms with Crippen molar-refractivity contribution in [1.29, 1.82) is 0 Å². The molecule has 0 radical (unpaired) electrons. The van der Waals surface area contributed by atoms with Crippen LogP contribution in [0.3, 0.4) is 0 Å². The van der Waals surface area contributed by atoms with Gasteiger partial charge in [0, 0.05) is 38.5 Å². The number of carboxylic acid groups (broad SMARTS) is 2. The summed E-state index contributed by atoms with van der Waals surface area (Å²) in [5.74, 6) is 2.80. The summed E-state index contributed by atoms with van der Waals surface area (Å²) >= 11 is 0. The van der Waals surface area contributed by atoms with Crippen LogP contribution in [0.25, 0.3) is 0 Å². The van der Waals surface area contributed by atoms with Gasteiger partial charge in [0.15, 0.2) is 0 Å². The van der Waals surface area contributed by atoms with Crippen molar-refractivity contribution >= 4 is 35.8 Å². The predicted octanol–water partition coefficient (Wildman–Crippen LogP) is 23.8. The average Bonchev–Trinajstić information content (AvgIpc) is 3.73. The molecule has 3 aliphatic carbocycles. The Balaban J connectivity index is 1.02. The first-order valence-corrected chi connectivity index (χ1v) is 39.0. The van der Waals surface area contributed by atoms with Gasteiger partial charge in [-0.15, -0.1) is 0 Å². The van der Waals surface area contributed by atoms with E-state index in [0.29, 0.717) is 38.5 Å². The van der Waals surface area contributed by atoms with Gasteiger partial charge in [0.1, 0.15) is 0 Å². The van der Waals surface area contributed by atoms with Crippen molar-refractivity contribution in [3.8, 4) is 0 Å². The minimum atomic E-state index is -0.668. The normalized spacial score (nSPS) is 19.6. The van der Waals surface area contributed by atoms with Crippen molar-refractivity contribution in [3.63, 3.8) is 0 Å². The third-order valence-corrected chi connectivity index (χ3v) is 21.4. The van der Waals surface area contributed by atoms with Gasteiger partial charge in [0.25, 0.3) is 0 Å². The molecular weight excluding hydrogens is 1100 g/mol. The number of carboxylic acids is 2. The zero-order valence-electron chi connectivity index (χ0n) is 57.3. The van der Waals surface area contributed by atoms with Crippen LogP contribution in [0.1, 0.15) is 424 Å². The van der Waals surface area contributed by atoms with E-state index in [1.807, 2.05) is 0 Å². The lowest BCUT2D eigenvalue weighted by Gasteiger charge is -2.32. The molecule has 0 spiro atoms. The molecule has 6 unspecified atom stereocenters. The Morgan fingerprint density at radius 2 is 0.341 bits per heavy atom. The molecule has 88 heavy (non-hydrogen) atoms. The molecule has 0 heterocycles. The summed E-state index contributed by atoms with van der Waals surface area (Å²) in [5, 5.41) is 17.6. The Morgan fingerprint density at radius 1 is 0.205 bits per heavy atom. The zero-order chi connectivity index (χ0) is 63.0. The van der Waals surface area contributed by atoms with Crippen molar-refractivity contribution < 1.29 is 48.5 Å². The number of aliphatic carboxylic acids is 2. The SMILES string of the molecule is O=C(O)CCCCCCCCCC1CCCCC1CCCCCCCCCC(=O)OC(=O)CCCCCCCCCC1CCCCC1CCCCCCCCCC(=O)OC(=O)CCCCCCCCCC1CCCCC1CCCCCCCCCC(=O)O. The molecule has 3 fully saturated rings. The number of carbonyl (C=O) groups excluding carboxylic acids is 4. The fraction of sp³-hybridized carbons (Fsp3) is 0.923. The summed E-state index contributed by atoms with van der Waals surface area (Å²) in [6.45, 7) is 0. The van der Waals surface area contributed by atoms with E-state index in [4.69, 9.17) is 19.7 Å². The Labute approximate surface area is 541 Å². The van der Waals surface area contributed by atoms with E-state index in [0.717, 1.165) is 138 Å².